The highest BCUT2D eigenvalue weighted by molar-refractivity contribution is 6.23. The summed E-state index contributed by atoms with van der Waals surface area (Å²) < 4.78 is 26.0. The Bertz CT molecular complexity index is 496. The summed E-state index contributed by atoms with van der Waals surface area (Å²) in [5.74, 6) is -2.61. The number of hydrogen-bond acceptors (Lipinski definition) is 2. The molecule has 1 aromatic carbocycles. The van der Waals surface area contributed by atoms with Crippen LogP contribution in [0.15, 0.2) is 23.8 Å². The maximum atomic E-state index is 13.0. The van der Waals surface area contributed by atoms with Gasteiger partial charge in [0, 0.05) is 12.0 Å². The fraction of sp³-hybridized carbons (Fsp3) is 0.286. The number of carbonyl (C=O) groups is 2. The largest absolute Gasteiger partial charge is 0.294 e. The van der Waals surface area contributed by atoms with Gasteiger partial charge in [0.2, 0.25) is 0 Å². The Kier molecular flexibility index (Phi) is 4.48. The number of carbonyl (C=O) groups excluding carboxylic acids is 2. The molecule has 0 bridgehead atoms. The fourth-order valence-electron chi connectivity index (χ4n) is 1.48. The van der Waals surface area contributed by atoms with Crippen LogP contribution in [0.3, 0.4) is 0 Å². The molecular formula is C14H14F2O2. The van der Waals surface area contributed by atoms with Crippen LogP contribution >= 0.6 is 0 Å². The fourth-order valence-corrected chi connectivity index (χ4v) is 1.48. The van der Waals surface area contributed by atoms with Crippen molar-refractivity contribution in [3.05, 3.63) is 41.0 Å². The molecule has 0 atom stereocenters. The number of ketones is 2. The van der Waals surface area contributed by atoms with Crippen LogP contribution in [0.5, 0.6) is 0 Å². The van der Waals surface area contributed by atoms with Crippen molar-refractivity contribution in [1.82, 2.24) is 0 Å². The lowest BCUT2D eigenvalue weighted by molar-refractivity contribution is -0.122. The topological polar surface area (TPSA) is 34.1 Å². The smallest absolute Gasteiger partial charge is 0.168 e. The molecule has 0 unspecified atom stereocenters. The van der Waals surface area contributed by atoms with Crippen molar-refractivity contribution in [2.45, 2.75) is 20.8 Å². The molecular weight excluding hydrogens is 238 g/mol. The van der Waals surface area contributed by atoms with Crippen molar-refractivity contribution in [2.24, 2.45) is 5.92 Å². The zero-order valence-corrected chi connectivity index (χ0v) is 10.5. The van der Waals surface area contributed by atoms with Crippen LogP contribution in [-0.4, -0.2) is 11.6 Å². The molecule has 0 aliphatic rings. The Labute approximate surface area is 104 Å². The van der Waals surface area contributed by atoms with E-state index in [1.807, 2.05) is 0 Å². The molecule has 0 N–H and O–H groups in total. The van der Waals surface area contributed by atoms with E-state index >= 15 is 0 Å². The Morgan fingerprint density at radius 1 is 1.11 bits per heavy atom. The molecule has 0 aliphatic heterocycles. The molecule has 4 heteroatoms. The molecule has 1 rings (SSSR count). The van der Waals surface area contributed by atoms with E-state index in [4.69, 9.17) is 0 Å². The van der Waals surface area contributed by atoms with Crippen molar-refractivity contribution in [3.63, 3.8) is 0 Å². The summed E-state index contributed by atoms with van der Waals surface area (Å²) in [4.78, 5) is 23.2. The lowest BCUT2D eigenvalue weighted by atomic mass is 9.96. The van der Waals surface area contributed by atoms with Gasteiger partial charge in [-0.05, 0) is 30.7 Å². The number of allylic oxidation sites excluding steroid dienone is 1. The van der Waals surface area contributed by atoms with Gasteiger partial charge >= 0.3 is 0 Å². The first-order chi connectivity index (χ1) is 8.31. The highest BCUT2D eigenvalue weighted by Gasteiger charge is 2.17. The van der Waals surface area contributed by atoms with Crippen LogP contribution in [-0.2, 0) is 9.59 Å². The summed E-state index contributed by atoms with van der Waals surface area (Å²) in [5.41, 5.74) is 0.113. The van der Waals surface area contributed by atoms with E-state index in [1.54, 1.807) is 13.8 Å². The molecule has 0 fully saturated rings. The summed E-state index contributed by atoms with van der Waals surface area (Å²) >= 11 is 0. The van der Waals surface area contributed by atoms with Gasteiger partial charge in [-0.1, -0.05) is 13.8 Å². The number of hydrogen-bond donors (Lipinski definition) is 0. The molecule has 0 spiro atoms. The lowest BCUT2D eigenvalue weighted by Crippen LogP contribution is -2.15. The van der Waals surface area contributed by atoms with Gasteiger partial charge < -0.3 is 0 Å². The third-order valence-electron chi connectivity index (χ3n) is 2.37. The summed E-state index contributed by atoms with van der Waals surface area (Å²) in [6, 6.07) is 2.87. The SMILES string of the molecule is CC(=O)/C(=C/c1cc(F)cc(F)c1)C(=O)C(C)C. The Morgan fingerprint density at radius 3 is 2.00 bits per heavy atom. The number of rotatable bonds is 4. The van der Waals surface area contributed by atoms with Gasteiger partial charge in [0.05, 0.1) is 5.57 Å². The highest BCUT2D eigenvalue weighted by Crippen LogP contribution is 2.15. The predicted octanol–water partition coefficient (Wildman–Crippen LogP) is 3.16. The van der Waals surface area contributed by atoms with Gasteiger partial charge in [0.25, 0.3) is 0 Å². The molecule has 0 radical (unpaired) electrons. The van der Waals surface area contributed by atoms with Gasteiger partial charge in [-0.2, -0.15) is 0 Å². The molecule has 96 valence electrons. The normalized spacial score (nSPS) is 11.8. The predicted molar refractivity (Wildman–Crippen MR) is 64.9 cm³/mol. The first-order valence-electron chi connectivity index (χ1n) is 5.54. The van der Waals surface area contributed by atoms with E-state index in [0.717, 1.165) is 18.2 Å². The van der Waals surface area contributed by atoms with Crippen LogP contribution < -0.4 is 0 Å². The summed E-state index contributed by atoms with van der Waals surface area (Å²) in [7, 11) is 0. The second kappa shape index (κ2) is 5.67. The molecule has 0 aromatic heterocycles. The minimum Gasteiger partial charge on any atom is -0.294 e. The Balaban J connectivity index is 3.24. The van der Waals surface area contributed by atoms with E-state index in [1.165, 1.54) is 13.0 Å². The Morgan fingerprint density at radius 2 is 1.61 bits per heavy atom. The molecule has 0 saturated heterocycles. The monoisotopic (exact) mass is 252 g/mol. The third kappa shape index (κ3) is 3.58. The van der Waals surface area contributed by atoms with Crippen LogP contribution in [0.2, 0.25) is 0 Å². The van der Waals surface area contributed by atoms with Gasteiger partial charge in [-0.15, -0.1) is 0 Å². The highest BCUT2D eigenvalue weighted by atomic mass is 19.1. The number of Topliss-reactive ketones (excluding diaryl/α,β-unsaturated/α-hetero) is 2. The quantitative estimate of drug-likeness (QED) is 0.468. The first-order valence-corrected chi connectivity index (χ1v) is 5.54. The lowest BCUT2D eigenvalue weighted by Gasteiger charge is -2.06. The van der Waals surface area contributed by atoms with Crippen molar-refractivity contribution >= 4 is 17.6 Å². The molecule has 18 heavy (non-hydrogen) atoms. The van der Waals surface area contributed by atoms with E-state index in [-0.39, 0.29) is 22.8 Å². The van der Waals surface area contributed by atoms with Crippen LogP contribution in [0.1, 0.15) is 26.3 Å². The number of benzene rings is 1. The standard InChI is InChI=1S/C14H14F2O2/c1-8(2)14(18)13(9(3)17)6-10-4-11(15)7-12(16)5-10/h4-8H,1-3H3/b13-6-. The van der Waals surface area contributed by atoms with Gasteiger partial charge in [-0.25, -0.2) is 8.78 Å². The zero-order valence-electron chi connectivity index (χ0n) is 10.5. The van der Waals surface area contributed by atoms with Crippen molar-refractivity contribution < 1.29 is 18.4 Å². The van der Waals surface area contributed by atoms with Crippen LogP contribution in [0.25, 0.3) is 6.08 Å². The minimum absolute atomic E-state index is 0.0463. The summed E-state index contributed by atoms with van der Waals surface area (Å²) in [6.45, 7) is 4.57. The van der Waals surface area contributed by atoms with Crippen molar-refractivity contribution in [3.8, 4) is 0 Å². The van der Waals surface area contributed by atoms with Crippen LogP contribution in [0.4, 0.5) is 8.78 Å². The Hall–Kier alpha value is -1.84. The van der Waals surface area contributed by atoms with Crippen molar-refractivity contribution in [1.29, 1.82) is 0 Å². The minimum atomic E-state index is -0.749. The molecule has 0 heterocycles. The van der Waals surface area contributed by atoms with E-state index in [0.29, 0.717) is 0 Å². The summed E-state index contributed by atoms with van der Waals surface area (Å²) in [5, 5.41) is 0. The van der Waals surface area contributed by atoms with Gasteiger partial charge in [0.1, 0.15) is 11.6 Å². The second-order valence-corrected chi connectivity index (χ2v) is 4.34. The zero-order chi connectivity index (χ0) is 13.9. The van der Waals surface area contributed by atoms with E-state index in [9.17, 15) is 18.4 Å². The number of halogens is 2. The van der Waals surface area contributed by atoms with Gasteiger partial charge in [-0.3, -0.25) is 9.59 Å². The average molecular weight is 252 g/mol. The third-order valence-corrected chi connectivity index (χ3v) is 2.37. The maximum absolute atomic E-state index is 13.0. The van der Waals surface area contributed by atoms with Gasteiger partial charge in [0.15, 0.2) is 11.6 Å². The first kappa shape index (κ1) is 14.2. The second-order valence-electron chi connectivity index (χ2n) is 4.34. The van der Waals surface area contributed by atoms with E-state index in [2.05, 4.69) is 0 Å². The molecule has 0 aliphatic carbocycles. The molecule has 1 aromatic rings. The average Bonchev–Trinajstić information content (AvgIpc) is 2.23. The van der Waals surface area contributed by atoms with Crippen molar-refractivity contribution in [2.75, 3.05) is 0 Å². The molecule has 0 saturated carbocycles. The van der Waals surface area contributed by atoms with Crippen LogP contribution in [0, 0.1) is 17.6 Å². The molecule has 0 amide bonds. The van der Waals surface area contributed by atoms with E-state index < -0.39 is 17.4 Å². The summed E-state index contributed by atoms with van der Waals surface area (Å²) in [6.07, 6.45) is 1.22. The maximum Gasteiger partial charge on any atom is 0.168 e. The molecule has 2 nitrogen and oxygen atoms in total.